The van der Waals surface area contributed by atoms with Gasteiger partial charge in [-0.1, -0.05) is 0 Å². The van der Waals surface area contributed by atoms with Crippen LogP contribution in [0.25, 0.3) is 0 Å². The average Bonchev–Trinajstić information content (AvgIpc) is 3.29. The number of amides is 2. The van der Waals surface area contributed by atoms with Crippen molar-refractivity contribution >= 4 is 34.5 Å². The number of benzene rings is 1. The molecular weight excluding hydrogens is 408 g/mol. The molecule has 1 aromatic heterocycles. The standard InChI is InChI=1S/C20H24N4O5S/c1-13(19(25)22-17-4-3-16(29-2)11-18(17)24(27)28)23-8-5-15(6-9-23)21-20(26)14-7-10-30-12-14/h3-4,7,10-13,15H,5-6,8-9H2,1-2H3,(H,21,26)(H,22,25). The molecule has 0 spiro atoms. The van der Waals surface area contributed by atoms with Gasteiger partial charge >= 0.3 is 0 Å². The number of hydrogen-bond acceptors (Lipinski definition) is 7. The number of hydrogen-bond donors (Lipinski definition) is 2. The van der Waals surface area contributed by atoms with Crippen molar-refractivity contribution in [2.75, 3.05) is 25.5 Å². The fraction of sp³-hybridized carbons (Fsp3) is 0.400. The minimum atomic E-state index is -0.551. The van der Waals surface area contributed by atoms with Gasteiger partial charge in [0.05, 0.1) is 24.1 Å². The van der Waals surface area contributed by atoms with Crippen LogP contribution < -0.4 is 15.4 Å². The number of likely N-dealkylation sites (tertiary alicyclic amines) is 1. The zero-order valence-electron chi connectivity index (χ0n) is 16.8. The van der Waals surface area contributed by atoms with E-state index in [9.17, 15) is 19.7 Å². The minimum absolute atomic E-state index is 0.0617. The van der Waals surface area contributed by atoms with Gasteiger partial charge in [-0.15, -0.1) is 0 Å². The molecule has 2 heterocycles. The number of thiophene rings is 1. The monoisotopic (exact) mass is 432 g/mol. The molecule has 30 heavy (non-hydrogen) atoms. The Morgan fingerprint density at radius 2 is 2.03 bits per heavy atom. The molecule has 1 aliphatic rings. The third-order valence-corrected chi connectivity index (χ3v) is 5.92. The summed E-state index contributed by atoms with van der Waals surface area (Å²) in [5.74, 6) is -0.0457. The molecule has 9 nitrogen and oxygen atoms in total. The van der Waals surface area contributed by atoms with E-state index in [-0.39, 0.29) is 29.2 Å². The lowest BCUT2D eigenvalue weighted by Crippen LogP contribution is -2.50. The molecule has 1 atom stereocenters. The van der Waals surface area contributed by atoms with Gasteiger partial charge in [0.15, 0.2) is 0 Å². The number of carbonyl (C=O) groups is 2. The van der Waals surface area contributed by atoms with Crippen molar-refractivity contribution in [2.24, 2.45) is 0 Å². The fourth-order valence-corrected chi connectivity index (χ4v) is 4.03. The number of carbonyl (C=O) groups excluding carboxylic acids is 2. The first-order chi connectivity index (χ1) is 14.4. The highest BCUT2D eigenvalue weighted by atomic mass is 32.1. The molecule has 1 unspecified atom stereocenters. The zero-order valence-corrected chi connectivity index (χ0v) is 17.6. The number of nitrogens with one attached hydrogen (secondary N) is 2. The van der Waals surface area contributed by atoms with E-state index in [0.717, 1.165) is 12.8 Å². The molecule has 3 rings (SSSR count). The third-order valence-electron chi connectivity index (χ3n) is 5.23. The summed E-state index contributed by atoms with van der Waals surface area (Å²) >= 11 is 1.48. The number of nitro benzene ring substituents is 1. The second-order valence-corrected chi connectivity index (χ2v) is 7.88. The van der Waals surface area contributed by atoms with Crippen molar-refractivity contribution in [3.63, 3.8) is 0 Å². The lowest BCUT2D eigenvalue weighted by atomic mass is 10.0. The van der Waals surface area contributed by atoms with E-state index in [1.54, 1.807) is 19.1 Å². The molecule has 0 aliphatic carbocycles. The summed E-state index contributed by atoms with van der Waals surface area (Å²) in [5, 5.41) is 20.7. The first kappa shape index (κ1) is 21.7. The molecule has 2 aromatic rings. The van der Waals surface area contributed by atoms with Gasteiger partial charge in [0.1, 0.15) is 11.4 Å². The maximum absolute atomic E-state index is 12.7. The van der Waals surface area contributed by atoms with Crippen LogP contribution in [-0.4, -0.2) is 53.9 Å². The highest BCUT2D eigenvalue weighted by Crippen LogP contribution is 2.29. The molecular formula is C20H24N4O5S. The molecule has 1 saturated heterocycles. The van der Waals surface area contributed by atoms with E-state index < -0.39 is 11.0 Å². The number of piperidine rings is 1. The predicted molar refractivity (Wildman–Crippen MR) is 114 cm³/mol. The molecule has 0 radical (unpaired) electrons. The van der Waals surface area contributed by atoms with Crippen molar-refractivity contribution in [2.45, 2.75) is 31.8 Å². The second-order valence-electron chi connectivity index (χ2n) is 7.10. The largest absolute Gasteiger partial charge is 0.496 e. The quantitative estimate of drug-likeness (QED) is 0.514. The molecule has 2 amide bonds. The highest BCUT2D eigenvalue weighted by Gasteiger charge is 2.28. The Labute approximate surface area is 178 Å². The summed E-state index contributed by atoms with van der Waals surface area (Å²) in [6, 6.07) is 5.71. The number of nitrogens with zero attached hydrogens (tertiary/aromatic N) is 2. The van der Waals surface area contributed by atoms with Crippen LogP contribution in [0, 0.1) is 10.1 Å². The summed E-state index contributed by atoms with van der Waals surface area (Å²) in [6.07, 6.45) is 1.46. The third kappa shape index (κ3) is 5.14. The van der Waals surface area contributed by atoms with Gasteiger partial charge in [-0.25, -0.2) is 0 Å². The number of nitro groups is 1. The van der Waals surface area contributed by atoms with Crippen molar-refractivity contribution in [1.82, 2.24) is 10.2 Å². The topological polar surface area (TPSA) is 114 Å². The molecule has 1 aromatic carbocycles. The van der Waals surface area contributed by atoms with Gasteiger partial charge in [-0.3, -0.25) is 24.6 Å². The molecule has 2 N–H and O–H groups in total. The average molecular weight is 433 g/mol. The van der Waals surface area contributed by atoms with E-state index in [4.69, 9.17) is 4.74 Å². The van der Waals surface area contributed by atoms with Gasteiger partial charge in [-0.05, 0) is 43.3 Å². The van der Waals surface area contributed by atoms with Crippen molar-refractivity contribution in [1.29, 1.82) is 0 Å². The Morgan fingerprint density at radius 1 is 1.30 bits per heavy atom. The molecule has 10 heteroatoms. The van der Waals surface area contributed by atoms with Gasteiger partial charge < -0.3 is 15.4 Å². The summed E-state index contributed by atoms with van der Waals surface area (Å²) in [7, 11) is 1.42. The smallest absolute Gasteiger partial charge is 0.296 e. The summed E-state index contributed by atoms with van der Waals surface area (Å²) in [4.78, 5) is 37.6. The molecule has 1 fully saturated rings. The van der Waals surface area contributed by atoms with E-state index in [1.807, 2.05) is 15.7 Å². The van der Waals surface area contributed by atoms with E-state index in [1.165, 1.54) is 30.6 Å². The van der Waals surface area contributed by atoms with Crippen molar-refractivity contribution in [3.8, 4) is 5.75 Å². The minimum Gasteiger partial charge on any atom is -0.496 e. The summed E-state index contributed by atoms with van der Waals surface area (Å²) in [5.41, 5.74) is 0.580. The Hall–Kier alpha value is -2.98. The Bertz CT molecular complexity index is 910. The normalized spacial score (nSPS) is 15.9. The lowest BCUT2D eigenvalue weighted by Gasteiger charge is -2.35. The number of anilines is 1. The number of ether oxygens (including phenoxy) is 1. The first-order valence-corrected chi connectivity index (χ1v) is 10.5. The van der Waals surface area contributed by atoms with Crippen LogP contribution in [-0.2, 0) is 4.79 Å². The van der Waals surface area contributed by atoms with Gasteiger partial charge in [0, 0.05) is 30.1 Å². The highest BCUT2D eigenvalue weighted by molar-refractivity contribution is 7.08. The van der Waals surface area contributed by atoms with Crippen LogP contribution in [0.3, 0.4) is 0 Å². The predicted octanol–water partition coefficient (Wildman–Crippen LogP) is 2.89. The number of rotatable bonds is 7. The first-order valence-electron chi connectivity index (χ1n) is 9.59. The zero-order chi connectivity index (χ0) is 21.7. The SMILES string of the molecule is COc1ccc(NC(=O)C(C)N2CCC(NC(=O)c3ccsc3)CC2)c([N+](=O)[O-])c1. The molecule has 160 valence electrons. The second kappa shape index (κ2) is 9.68. The Balaban J connectivity index is 1.55. The van der Waals surface area contributed by atoms with Crippen LogP contribution in [0.1, 0.15) is 30.1 Å². The maximum Gasteiger partial charge on any atom is 0.296 e. The van der Waals surface area contributed by atoms with Crippen molar-refractivity contribution < 1.29 is 19.2 Å². The summed E-state index contributed by atoms with van der Waals surface area (Å²) < 4.78 is 5.01. The number of methoxy groups -OCH3 is 1. The van der Waals surface area contributed by atoms with Crippen LogP contribution in [0.15, 0.2) is 35.0 Å². The maximum atomic E-state index is 12.7. The van der Waals surface area contributed by atoms with Gasteiger partial charge in [0.25, 0.3) is 11.6 Å². The van der Waals surface area contributed by atoms with Crippen LogP contribution in [0.2, 0.25) is 0 Å². The molecule has 0 bridgehead atoms. The van der Waals surface area contributed by atoms with Crippen LogP contribution in [0.5, 0.6) is 5.75 Å². The van der Waals surface area contributed by atoms with E-state index in [0.29, 0.717) is 24.4 Å². The van der Waals surface area contributed by atoms with E-state index >= 15 is 0 Å². The lowest BCUT2D eigenvalue weighted by molar-refractivity contribution is -0.384. The van der Waals surface area contributed by atoms with Gasteiger partial charge in [0.2, 0.25) is 5.91 Å². The van der Waals surface area contributed by atoms with Crippen molar-refractivity contribution in [3.05, 3.63) is 50.7 Å². The Kier molecular flexibility index (Phi) is 7.01. The summed E-state index contributed by atoms with van der Waals surface area (Å²) in [6.45, 7) is 3.07. The van der Waals surface area contributed by atoms with Crippen LogP contribution in [0.4, 0.5) is 11.4 Å². The van der Waals surface area contributed by atoms with Gasteiger partial charge in [-0.2, -0.15) is 11.3 Å². The fourth-order valence-electron chi connectivity index (χ4n) is 3.39. The Morgan fingerprint density at radius 3 is 2.63 bits per heavy atom. The molecule has 1 aliphatic heterocycles. The molecule has 0 saturated carbocycles. The van der Waals surface area contributed by atoms with Crippen LogP contribution >= 0.6 is 11.3 Å². The van der Waals surface area contributed by atoms with E-state index in [2.05, 4.69) is 10.6 Å².